The molecule has 0 N–H and O–H groups in total. The highest BCUT2D eigenvalue weighted by atomic mass is 16.5. The molecule has 2 aliphatic rings. The topological polar surface area (TPSA) is 26.3 Å². The molecule has 1 unspecified atom stereocenters. The highest BCUT2D eigenvalue weighted by Crippen LogP contribution is 2.46. The first-order valence-electron chi connectivity index (χ1n) is 8.73. The average molecular weight is 302 g/mol. The Morgan fingerprint density at radius 2 is 2.09 bits per heavy atom. The van der Waals surface area contributed by atoms with Crippen molar-refractivity contribution >= 4 is 5.97 Å². The maximum atomic E-state index is 12.4. The van der Waals surface area contributed by atoms with Crippen LogP contribution in [0.25, 0.3) is 0 Å². The number of carbonyl (C=O) groups is 1. The van der Waals surface area contributed by atoms with Crippen molar-refractivity contribution in [3.63, 3.8) is 0 Å². The minimum absolute atomic E-state index is 0.0541. The molecule has 2 saturated heterocycles. The quantitative estimate of drug-likeness (QED) is 0.456. The maximum absolute atomic E-state index is 12.4. The summed E-state index contributed by atoms with van der Waals surface area (Å²) < 4.78 is 6.57. The third kappa shape index (κ3) is 2.79. The lowest BCUT2D eigenvalue weighted by Crippen LogP contribution is -2.48. The number of fused-ring (bicyclic) bond motifs is 2. The zero-order valence-electron chi connectivity index (χ0n) is 13.8. The van der Waals surface area contributed by atoms with Gasteiger partial charge in [-0.05, 0) is 13.3 Å². The molecule has 22 heavy (non-hydrogen) atoms. The summed E-state index contributed by atoms with van der Waals surface area (Å²) in [4.78, 5) is 12.4. The zero-order chi connectivity index (χ0) is 15.6. The van der Waals surface area contributed by atoms with Crippen LogP contribution in [0.15, 0.2) is 30.3 Å². The molecule has 3 nitrogen and oxygen atoms in total. The van der Waals surface area contributed by atoms with Gasteiger partial charge in [0.1, 0.15) is 12.0 Å². The number of benzene rings is 1. The van der Waals surface area contributed by atoms with E-state index in [1.807, 2.05) is 0 Å². The summed E-state index contributed by atoms with van der Waals surface area (Å²) in [5.74, 6) is 0.704. The van der Waals surface area contributed by atoms with Crippen LogP contribution in [0.2, 0.25) is 0 Å². The van der Waals surface area contributed by atoms with Gasteiger partial charge >= 0.3 is 5.97 Å². The van der Waals surface area contributed by atoms with Gasteiger partial charge in [0.15, 0.2) is 0 Å². The number of piperidine rings is 1. The van der Waals surface area contributed by atoms with Crippen molar-refractivity contribution in [2.75, 3.05) is 26.2 Å². The fraction of sp³-hybridized carbons (Fsp3) is 0.632. The van der Waals surface area contributed by atoms with E-state index in [4.69, 9.17) is 4.74 Å². The molecule has 2 heterocycles. The Kier molecular flexibility index (Phi) is 4.53. The molecule has 120 valence electrons. The first-order chi connectivity index (χ1) is 10.7. The van der Waals surface area contributed by atoms with Gasteiger partial charge in [0.25, 0.3) is 0 Å². The Morgan fingerprint density at radius 3 is 2.82 bits per heavy atom. The molecule has 2 aliphatic heterocycles. The Labute approximate surface area is 133 Å². The number of ether oxygens (including phenoxy) is 1. The normalized spacial score (nSPS) is 31.2. The van der Waals surface area contributed by atoms with Crippen LogP contribution >= 0.6 is 0 Å². The fourth-order valence-electron chi connectivity index (χ4n) is 4.36. The van der Waals surface area contributed by atoms with Crippen LogP contribution in [-0.2, 0) is 9.53 Å². The summed E-state index contributed by atoms with van der Waals surface area (Å²) in [7, 11) is 0. The minimum Gasteiger partial charge on any atom is -0.465 e. The number of rotatable bonds is 6. The predicted octanol–water partition coefficient (Wildman–Crippen LogP) is 3.56. The van der Waals surface area contributed by atoms with Crippen molar-refractivity contribution in [1.82, 2.24) is 0 Å². The molecule has 2 fully saturated rings. The van der Waals surface area contributed by atoms with E-state index in [2.05, 4.69) is 44.2 Å². The van der Waals surface area contributed by atoms with Crippen molar-refractivity contribution in [2.45, 2.75) is 39.2 Å². The van der Waals surface area contributed by atoms with Crippen molar-refractivity contribution in [2.24, 2.45) is 11.8 Å². The van der Waals surface area contributed by atoms with Crippen LogP contribution in [0.5, 0.6) is 0 Å². The zero-order valence-corrected chi connectivity index (χ0v) is 13.8. The van der Waals surface area contributed by atoms with Gasteiger partial charge in [-0.1, -0.05) is 43.7 Å². The fourth-order valence-corrected chi connectivity index (χ4v) is 4.36. The molecule has 1 aromatic carbocycles. The van der Waals surface area contributed by atoms with Crippen molar-refractivity contribution < 1.29 is 14.0 Å². The molecule has 0 radical (unpaired) electrons. The molecule has 0 spiro atoms. The van der Waals surface area contributed by atoms with Gasteiger partial charge in [-0.2, -0.15) is 0 Å². The molecule has 0 amide bonds. The molecule has 3 heteroatoms. The van der Waals surface area contributed by atoms with E-state index in [9.17, 15) is 4.79 Å². The number of nitrogens with zero attached hydrogens (tertiary/aromatic N) is 1. The SMILES string of the molecule is CCCCOC(=O)[C@@H]1C[N+]2([C@H](C)c3ccccc3)CC[C@H]1C2. The van der Waals surface area contributed by atoms with E-state index >= 15 is 0 Å². The van der Waals surface area contributed by atoms with Crippen LogP contribution in [0.1, 0.15) is 44.7 Å². The lowest BCUT2D eigenvalue weighted by Gasteiger charge is -2.39. The van der Waals surface area contributed by atoms with Gasteiger partial charge in [0.2, 0.25) is 0 Å². The van der Waals surface area contributed by atoms with Crippen LogP contribution in [-0.4, -0.2) is 36.7 Å². The summed E-state index contributed by atoms with van der Waals surface area (Å²) in [6.45, 7) is 8.35. The number of unbranched alkanes of at least 4 members (excludes halogenated alkanes) is 1. The number of hydrogen-bond acceptors (Lipinski definition) is 2. The van der Waals surface area contributed by atoms with Crippen LogP contribution < -0.4 is 0 Å². The molecule has 0 saturated carbocycles. The van der Waals surface area contributed by atoms with E-state index in [-0.39, 0.29) is 11.9 Å². The largest absolute Gasteiger partial charge is 0.465 e. The summed E-state index contributed by atoms with van der Waals surface area (Å²) in [5, 5.41) is 0. The van der Waals surface area contributed by atoms with Gasteiger partial charge in [0, 0.05) is 17.9 Å². The van der Waals surface area contributed by atoms with Crippen molar-refractivity contribution in [3.05, 3.63) is 35.9 Å². The molecular formula is C19H28NO2+. The summed E-state index contributed by atoms with van der Waals surface area (Å²) >= 11 is 0. The highest BCUT2D eigenvalue weighted by molar-refractivity contribution is 5.73. The van der Waals surface area contributed by atoms with E-state index in [0.717, 1.165) is 30.4 Å². The second-order valence-corrected chi connectivity index (χ2v) is 7.07. The van der Waals surface area contributed by atoms with E-state index in [1.165, 1.54) is 18.5 Å². The van der Waals surface area contributed by atoms with Crippen molar-refractivity contribution in [3.8, 4) is 0 Å². The summed E-state index contributed by atoms with van der Waals surface area (Å²) in [6.07, 6.45) is 3.22. The maximum Gasteiger partial charge on any atom is 0.315 e. The van der Waals surface area contributed by atoms with Crippen molar-refractivity contribution in [1.29, 1.82) is 0 Å². The average Bonchev–Trinajstić information content (AvgIpc) is 3.15. The van der Waals surface area contributed by atoms with E-state index in [0.29, 0.717) is 18.6 Å². The summed E-state index contributed by atoms with van der Waals surface area (Å²) in [5.41, 5.74) is 1.39. The van der Waals surface area contributed by atoms with E-state index in [1.54, 1.807) is 0 Å². The Bertz CT molecular complexity index is 515. The van der Waals surface area contributed by atoms with Gasteiger partial charge < -0.3 is 9.22 Å². The van der Waals surface area contributed by atoms with E-state index < -0.39 is 0 Å². The Morgan fingerprint density at radius 1 is 1.32 bits per heavy atom. The lowest BCUT2D eigenvalue weighted by atomic mass is 9.92. The monoisotopic (exact) mass is 302 g/mol. The lowest BCUT2D eigenvalue weighted by molar-refractivity contribution is -0.938. The number of carbonyl (C=O) groups excluding carboxylic acids is 1. The molecule has 4 atom stereocenters. The summed E-state index contributed by atoms with van der Waals surface area (Å²) in [6, 6.07) is 11.2. The molecule has 1 aromatic rings. The minimum atomic E-state index is 0.0541. The Hall–Kier alpha value is -1.35. The third-order valence-electron chi connectivity index (χ3n) is 5.82. The molecule has 0 aromatic heterocycles. The molecular weight excluding hydrogens is 274 g/mol. The van der Waals surface area contributed by atoms with Gasteiger partial charge in [-0.25, -0.2) is 0 Å². The number of esters is 1. The smallest absolute Gasteiger partial charge is 0.315 e. The number of hydrogen-bond donors (Lipinski definition) is 0. The van der Waals surface area contributed by atoms with Gasteiger partial charge in [-0.3, -0.25) is 4.79 Å². The first-order valence-corrected chi connectivity index (χ1v) is 8.73. The van der Waals surface area contributed by atoms with Crippen LogP contribution in [0.4, 0.5) is 0 Å². The van der Waals surface area contributed by atoms with Crippen LogP contribution in [0, 0.1) is 11.8 Å². The Balaban J connectivity index is 1.68. The highest BCUT2D eigenvalue weighted by Gasteiger charge is 2.56. The van der Waals surface area contributed by atoms with Gasteiger partial charge in [0.05, 0.1) is 26.2 Å². The molecule has 3 rings (SSSR count). The second-order valence-electron chi connectivity index (χ2n) is 7.07. The standard InChI is InChI=1S/C19H28NO2/c1-3-4-12-22-19(21)18-14-20(11-10-17(18)13-20)15(2)16-8-6-5-7-9-16/h5-9,15,17-18H,3-4,10-14H2,1-2H3/q+1/t15-,17+,18-,20?/m1/s1. The predicted molar refractivity (Wildman–Crippen MR) is 87.2 cm³/mol. The molecule has 0 aliphatic carbocycles. The molecule has 2 bridgehead atoms. The first kappa shape index (κ1) is 15.5. The van der Waals surface area contributed by atoms with Gasteiger partial charge in [-0.15, -0.1) is 0 Å². The second kappa shape index (κ2) is 6.41. The van der Waals surface area contributed by atoms with Crippen LogP contribution in [0.3, 0.4) is 0 Å². The number of quaternary nitrogens is 1. The third-order valence-corrected chi connectivity index (χ3v) is 5.82.